The smallest absolute Gasteiger partial charge is 0.0994 e. The van der Waals surface area contributed by atoms with E-state index in [1.807, 2.05) is 28.9 Å². The van der Waals surface area contributed by atoms with Gasteiger partial charge < -0.3 is 5.73 Å². The third-order valence-electron chi connectivity index (χ3n) is 2.99. The first kappa shape index (κ1) is 14.0. The van der Waals surface area contributed by atoms with Crippen molar-refractivity contribution in [2.45, 2.75) is 33.4 Å². The molecule has 102 valence electrons. The summed E-state index contributed by atoms with van der Waals surface area (Å²) in [5.41, 5.74) is 8.75. The first-order valence-corrected chi connectivity index (χ1v) is 6.84. The van der Waals surface area contributed by atoms with Crippen molar-refractivity contribution in [2.75, 3.05) is 0 Å². The van der Waals surface area contributed by atoms with E-state index in [2.05, 4.69) is 24.2 Å². The minimum Gasteiger partial charge on any atom is -0.325 e. The first-order chi connectivity index (χ1) is 9.11. The predicted molar refractivity (Wildman–Crippen MR) is 77.0 cm³/mol. The number of nitrogens with zero attached hydrogens (tertiary/aromatic N) is 3. The van der Waals surface area contributed by atoms with Crippen molar-refractivity contribution in [2.24, 2.45) is 11.7 Å². The predicted octanol–water partition coefficient (Wildman–Crippen LogP) is 2.64. The number of aromatic nitrogens is 3. The Balaban J connectivity index is 2.30. The highest BCUT2D eigenvalue weighted by molar-refractivity contribution is 6.31. The molecule has 19 heavy (non-hydrogen) atoms. The van der Waals surface area contributed by atoms with Gasteiger partial charge in [0.2, 0.25) is 0 Å². The van der Waals surface area contributed by atoms with Gasteiger partial charge in [0.1, 0.15) is 0 Å². The van der Waals surface area contributed by atoms with Gasteiger partial charge in [-0.2, -0.15) is 0 Å². The summed E-state index contributed by atoms with van der Waals surface area (Å²) in [5, 5.41) is 9.12. The van der Waals surface area contributed by atoms with E-state index >= 15 is 0 Å². The average molecular weight is 279 g/mol. The molecule has 0 aliphatic heterocycles. The molecule has 0 fully saturated rings. The van der Waals surface area contributed by atoms with Crippen LogP contribution in [0.5, 0.6) is 0 Å². The van der Waals surface area contributed by atoms with Crippen molar-refractivity contribution in [3.05, 3.63) is 46.2 Å². The highest BCUT2D eigenvalue weighted by Gasteiger charge is 2.14. The Morgan fingerprint density at radius 3 is 2.68 bits per heavy atom. The van der Waals surface area contributed by atoms with Crippen LogP contribution in [0.2, 0.25) is 5.02 Å². The second kappa shape index (κ2) is 6.17. The van der Waals surface area contributed by atoms with Crippen LogP contribution < -0.4 is 5.73 Å². The van der Waals surface area contributed by atoms with E-state index < -0.39 is 0 Å². The first-order valence-electron chi connectivity index (χ1n) is 6.46. The number of hydrogen-bond acceptors (Lipinski definition) is 3. The van der Waals surface area contributed by atoms with E-state index in [-0.39, 0.29) is 0 Å². The van der Waals surface area contributed by atoms with Crippen molar-refractivity contribution >= 4 is 11.6 Å². The van der Waals surface area contributed by atoms with Gasteiger partial charge in [0, 0.05) is 11.6 Å². The Bertz CT molecular complexity index is 548. The van der Waals surface area contributed by atoms with Crippen LogP contribution in [0.15, 0.2) is 24.3 Å². The van der Waals surface area contributed by atoms with Gasteiger partial charge >= 0.3 is 0 Å². The van der Waals surface area contributed by atoms with Crippen molar-refractivity contribution < 1.29 is 0 Å². The topological polar surface area (TPSA) is 56.7 Å². The Morgan fingerprint density at radius 1 is 1.32 bits per heavy atom. The van der Waals surface area contributed by atoms with Crippen LogP contribution in [0.4, 0.5) is 0 Å². The molecule has 1 heterocycles. The Morgan fingerprint density at radius 2 is 2.05 bits per heavy atom. The summed E-state index contributed by atoms with van der Waals surface area (Å²) in [6.45, 7) is 5.40. The molecule has 0 unspecified atom stereocenters. The number of nitrogens with two attached hydrogens (primary N) is 1. The molecule has 0 aliphatic rings. The molecule has 0 amide bonds. The van der Waals surface area contributed by atoms with Gasteiger partial charge in [-0.05, 0) is 24.0 Å². The fraction of sp³-hybridized carbons (Fsp3) is 0.429. The van der Waals surface area contributed by atoms with Gasteiger partial charge in [0.15, 0.2) is 0 Å². The lowest BCUT2D eigenvalue weighted by atomic mass is 10.1. The van der Waals surface area contributed by atoms with Gasteiger partial charge in [0.05, 0.1) is 17.9 Å². The van der Waals surface area contributed by atoms with Gasteiger partial charge in [-0.1, -0.05) is 48.9 Å². The normalized spacial score (nSPS) is 11.2. The summed E-state index contributed by atoms with van der Waals surface area (Å²) in [6.07, 6.45) is 0.921. The summed E-state index contributed by atoms with van der Waals surface area (Å²) in [7, 11) is 0. The molecule has 0 bridgehead atoms. The molecule has 1 aromatic carbocycles. The molecule has 2 N–H and O–H groups in total. The minimum absolute atomic E-state index is 0.421. The highest BCUT2D eigenvalue weighted by atomic mass is 35.5. The van der Waals surface area contributed by atoms with Crippen LogP contribution in [0.3, 0.4) is 0 Å². The lowest BCUT2D eigenvalue weighted by molar-refractivity contribution is 0.563. The molecule has 0 saturated carbocycles. The molecule has 1 aromatic heterocycles. The summed E-state index contributed by atoms with van der Waals surface area (Å²) in [6, 6.07) is 7.79. The fourth-order valence-electron chi connectivity index (χ4n) is 2.05. The monoisotopic (exact) mass is 278 g/mol. The van der Waals surface area contributed by atoms with E-state index in [0.717, 1.165) is 28.4 Å². The number of benzene rings is 1. The maximum atomic E-state index is 6.19. The van der Waals surface area contributed by atoms with Gasteiger partial charge in [0.25, 0.3) is 0 Å². The van der Waals surface area contributed by atoms with Crippen molar-refractivity contribution in [3.8, 4) is 0 Å². The Labute approximate surface area is 118 Å². The van der Waals surface area contributed by atoms with Crippen LogP contribution in [-0.2, 0) is 19.5 Å². The third-order valence-corrected chi connectivity index (χ3v) is 3.36. The zero-order valence-corrected chi connectivity index (χ0v) is 12.1. The molecule has 2 rings (SSSR count). The molecule has 0 atom stereocenters. The zero-order chi connectivity index (χ0) is 13.8. The quantitative estimate of drug-likeness (QED) is 0.915. The largest absolute Gasteiger partial charge is 0.325 e. The average Bonchev–Trinajstić information content (AvgIpc) is 2.74. The van der Waals surface area contributed by atoms with Gasteiger partial charge in [-0.3, -0.25) is 0 Å². The Kier molecular flexibility index (Phi) is 4.56. The number of hydrogen-bond donors (Lipinski definition) is 1. The molecule has 2 aromatic rings. The van der Waals surface area contributed by atoms with E-state index in [0.29, 0.717) is 19.0 Å². The maximum Gasteiger partial charge on any atom is 0.0994 e. The number of halogens is 1. The van der Waals surface area contributed by atoms with Crippen LogP contribution >= 0.6 is 11.6 Å². The summed E-state index contributed by atoms with van der Waals surface area (Å²) in [4.78, 5) is 0. The second-order valence-electron chi connectivity index (χ2n) is 5.03. The SMILES string of the molecule is CC(C)Cc1c(CN)nnn1Cc1ccccc1Cl. The molecule has 4 nitrogen and oxygen atoms in total. The summed E-state index contributed by atoms with van der Waals surface area (Å²) in [5.74, 6) is 0.536. The highest BCUT2D eigenvalue weighted by Crippen LogP contribution is 2.18. The van der Waals surface area contributed by atoms with Crippen LogP contribution in [0.1, 0.15) is 30.8 Å². The standard InChI is InChI=1S/C14H19ClN4/c1-10(2)7-14-13(8-16)17-18-19(14)9-11-5-3-4-6-12(11)15/h3-6,10H,7-9,16H2,1-2H3. The maximum absolute atomic E-state index is 6.19. The molecule has 0 aliphatic carbocycles. The molecule has 0 radical (unpaired) electrons. The summed E-state index contributed by atoms with van der Waals surface area (Å²) >= 11 is 6.19. The fourth-order valence-corrected chi connectivity index (χ4v) is 2.25. The lowest BCUT2D eigenvalue weighted by Crippen LogP contribution is -2.11. The molecule has 5 heteroatoms. The summed E-state index contributed by atoms with van der Waals surface area (Å²) < 4.78 is 1.91. The molecular formula is C14H19ClN4. The minimum atomic E-state index is 0.421. The van der Waals surface area contributed by atoms with Crippen molar-refractivity contribution in [1.29, 1.82) is 0 Å². The van der Waals surface area contributed by atoms with Crippen LogP contribution in [-0.4, -0.2) is 15.0 Å². The molecule has 0 saturated heterocycles. The van der Waals surface area contributed by atoms with Crippen molar-refractivity contribution in [3.63, 3.8) is 0 Å². The Hall–Kier alpha value is -1.39. The molecule has 0 spiro atoms. The lowest BCUT2D eigenvalue weighted by Gasteiger charge is -2.10. The van der Waals surface area contributed by atoms with E-state index in [1.165, 1.54) is 0 Å². The second-order valence-corrected chi connectivity index (χ2v) is 5.44. The number of rotatable bonds is 5. The van der Waals surface area contributed by atoms with Gasteiger partial charge in [-0.15, -0.1) is 5.10 Å². The van der Waals surface area contributed by atoms with E-state index in [1.54, 1.807) is 0 Å². The van der Waals surface area contributed by atoms with E-state index in [9.17, 15) is 0 Å². The molecular weight excluding hydrogens is 260 g/mol. The van der Waals surface area contributed by atoms with Crippen LogP contribution in [0, 0.1) is 5.92 Å². The van der Waals surface area contributed by atoms with Crippen LogP contribution in [0.25, 0.3) is 0 Å². The third kappa shape index (κ3) is 3.33. The van der Waals surface area contributed by atoms with Gasteiger partial charge in [-0.25, -0.2) is 4.68 Å². The van der Waals surface area contributed by atoms with E-state index in [4.69, 9.17) is 17.3 Å². The zero-order valence-electron chi connectivity index (χ0n) is 11.3. The van der Waals surface area contributed by atoms with Crippen molar-refractivity contribution in [1.82, 2.24) is 15.0 Å².